The minimum absolute atomic E-state index is 0.0555. The van der Waals surface area contributed by atoms with Crippen molar-refractivity contribution >= 4 is 11.8 Å². The number of carbonyl (C=O) groups excluding carboxylic acids is 1. The Balaban J connectivity index is 2.51. The van der Waals surface area contributed by atoms with Gasteiger partial charge in [-0.2, -0.15) is 0 Å². The van der Waals surface area contributed by atoms with Crippen molar-refractivity contribution in [1.82, 2.24) is 9.97 Å². The van der Waals surface area contributed by atoms with Crippen LogP contribution in [0, 0.1) is 11.6 Å². The highest BCUT2D eigenvalue weighted by Gasteiger charge is 2.19. The fraction of sp³-hybridized carbons (Fsp3) is 0.267. The van der Waals surface area contributed by atoms with E-state index in [9.17, 15) is 13.6 Å². The molecule has 0 aliphatic rings. The standard InChI is InChI=1S/C15H15F2N3O2/c1-4-22-15(21)11-8-18-13(19-14(11)20(2)3)10-6-5-9(16)7-12(10)17/h5-8H,4H2,1-3H3. The van der Waals surface area contributed by atoms with Gasteiger partial charge in [-0.25, -0.2) is 23.5 Å². The number of hydrogen-bond donors (Lipinski definition) is 0. The van der Waals surface area contributed by atoms with Gasteiger partial charge in [0, 0.05) is 26.4 Å². The molecule has 0 atom stereocenters. The molecule has 0 saturated carbocycles. The number of rotatable bonds is 4. The zero-order chi connectivity index (χ0) is 16.3. The minimum atomic E-state index is -0.770. The molecular formula is C15H15F2N3O2. The lowest BCUT2D eigenvalue weighted by Crippen LogP contribution is -2.18. The number of benzene rings is 1. The Labute approximate surface area is 126 Å². The van der Waals surface area contributed by atoms with Gasteiger partial charge in [-0.15, -0.1) is 0 Å². The van der Waals surface area contributed by atoms with Crippen LogP contribution >= 0.6 is 0 Å². The van der Waals surface area contributed by atoms with Crippen molar-refractivity contribution in [1.29, 1.82) is 0 Å². The first kappa shape index (κ1) is 15.8. The molecule has 22 heavy (non-hydrogen) atoms. The zero-order valence-electron chi connectivity index (χ0n) is 12.4. The van der Waals surface area contributed by atoms with Crippen LogP contribution < -0.4 is 4.90 Å². The second-order valence-electron chi connectivity index (χ2n) is 4.67. The molecule has 0 bridgehead atoms. The Hall–Kier alpha value is -2.57. The summed E-state index contributed by atoms with van der Waals surface area (Å²) in [4.78, 5) is 21.6. The van der Waals surface area contributed by atoms with Gasteiger partial charge >= 0.3 is 5.97 Å². The second-order valence-corrected chi connectivity index (χ2v) is 4.67. The molecule has 0 fully saturated rings. The van der Waals surface area contributed by atoms with Crippen molar-refractivity contribution in [2.45, 2.75) is 6.92 Å². The molecule has 0 aliphatic carbocycles. The molecule has 2 rings (SSSR count). The molecule has 0 spiro atoms. The van der Waals surface area contributed by atoms with Gasteiger partial charge in [-0.1, -0.05) is 0 Å². The van der Waals surface area contributed by atoms with E-state index < -0.39 is 17.6 Å². The highest BCUT2D eigenvalue weighted by Crippen LogP contribution is 2.24. The number of hydrogen-bond acceptors (Lipinski definition) is 5. The molecule has 0 saturated heterocycles. The maximum absolute atomic E-state index is 13.8. The van der Waals surface area contributed by atoms with E-state index in [0.717, 1.165) is 12.1 Å². The van der Waals surface area contributed by atoms with E-state index >= 15 is 0 Å². The maximum atomic E-state index is 13.8. The monoisotopic (exact) mass is 307 g/mol. The lowest BCUT2D eigenvalue weighted by molar-refractivity contribution is 0.0526. The van der Waals surface area contributed by atoms with Gasteiger partial charge in [-0.3, -0.25) is 0 Å². The summed E-state index contributed by atoms with van der Waals surface area (Å²) in [5.41, 5.74) is 0.234. The molecule has 0 radical (unpaired) electrons. The summed E-state index contributed by atoms with van der Waals surface area (Å²) in [6, 6.07) is 3.13. The SMILES string of the molecule is CCOC(=O)c1cnc(-c2ccc(F)cc2F)nc1N(C)C. The molecule has 1 heterocycles. The summed E-state index contributed by atoms with van der Waals surface area (Å²) in [5.74, 6) is -1.65. The highest BCUT2D eigenvalue weighted by atomic mass is 19.1. The molecule has 0 amide bonds. The van der Waals surface area contributed by atoms with E-state index in [1.54, 1.807) is 25.9 Å². The lowest BCUT2D eigenvalue weighted by atomic mass is 10.2. The predicted octanol–water partition coefficient (Wildman–Crippen LogP) is 2.66. The normalized spacial score (nSPS) is 10.4. The van der Waals surface area contributed by atoms with Crippen molar-refractivity contribution in [3.63, 3.8) is 0 Å². The summed E-state index contributed by atoms with van der Waals surface area (Å²) in [6.45, 7) is 1.91. The predicted molar refractivity (Wildman–Crippen MR) is 77.7 cm³/mol. The van der Waals surface area contributed by atoms with Crippen LogP contribution in [-0.2, 0) is 4.74 Å². The van der Waals surface area contributed by atoms with Crippen LogP contribution in [0.15, 0.2) is 24.4 Å². The average Bonchev–Trinajstić information content (AvgIpc) is 2.47. The van der Waals surface area contributed by atoms with Crippen LogP contribution in [0.25, 0.3) is 11.4 Å². The van der Waals surface area contributed by atoms with E-state index in [0.29, 0.717) is 5.82 Å². The number of esters is 1. The molecule has 5 nitrogen and oxygen atoms in total. The van der Waals surface area contributed by atoms with Gasteiger partial charge in [0.05, 0.1) is 12.2 Å². The lowest BCUT2D eigenvalue weighted by Gasteiger charge is -2.16. The van der Waals surface area contributed by atoms with Gasteiger partial charge in [0.25, 0.3) is 0 Å². The molecule has 0 N–H and O–H groups in total. The number of ether oxygens (including phenoxy) is 1. The van der Waals surface area contributed by atoms with Crippen LogP contribution in [0.2, 0.25) is 0 Å². The van der Waals surface area contributed by atoms with Gasteiger partial charge in [0.15, 0.2) is 5.82 Å². The van der Waals surface area contributed by atoms with Gasteiger partial charge in [0.2, 0.25) is 0 Å². The molecular weight excluding hydrogens is 292 g/mol. The molecule has 1 aromatic heterocycles. The number of aromatic nitrogens is 2. The van der Waals surface area contributed by atoms with E-state index in [-0.39, 0.29) is 23.6 Å². The summed E-state index contributed by atoms with van der Waals surface area (Å²) >= 11 is 0. The average molecular weight is 307 g/mol. The summed E-state index contributed by atoms with van der Waals surface area (Å²) in [7, 11) is 3.38. The first-order valence-electron chi connectivity index (χ1n) is 6.61. The van der Waals surface area contributed by atoms with Crippen molar-refractivity contribution in [2.75, 3.05) is 25.6 Å². The number of anilines is 1. The quantitative estimate of drug-likeness (QED) is 0.813. The number of halogens is 2. The molecule has 2 aromatic rings. The molecule has 0 unspecified atom stereocenters. The van der Waals surface area contributed by atoms with Crippen molar-refractivity contribution in [2.24, 2.45) is 0 Å². The Morgan fingerprint density at radius 1 is 1.32 bits per heavy atom. The molecule has 116 valence electrons. The van der Waals surface area contributed by atoms with Crippen LogP contribution in [0.4, 0.5) is 14.6 Å². The summed E-state index contributed by atoms with van der Waals surface area (Å²) in [5, 5.41) is 0. The van der Waals surface area contributed by atoms with Crippen molar-refractivity contribution in [3.8, 4) is 11.4 Å². The van der Waals surface area contributed by atoms with Crippen LogP contribution in [0.3, 0.4) is 0 Å². The number of nitrogens with zero attached hydrogens (tertiary/aromatic N) is 3. The molecule has 1 aromatic carbocycles. The third-order valence-electron chi connectivity index (χ3n) is 2.86. The largest absolute Gasteiger partial charge is 0.462 e. The smallest absolute Gasteiger partial charge is 0.343 e. The highest BCUT2D eigenvalue weighted by molar-refractivity contribution is 5.94. The van der Waals surface area contributed by atoms with E-state index in [4.69, 9.17) is 4.74 Å². The van der Waals surface area contributed by atoms with E-state index in [1.165, 1.54) is 12.3 Å². The third-order valence-corrected chi connectivity index (χ3v) is 2.86. The van der Waals surface area contributed by atoms with Gasteiger partial charge < -0.3 is 9.64 Å². The third kappa shape index (κ3) is 3.19. The molecule has 0 aliphatic heterocycles. The summed E-state index contributed by atoms with van der Waals surface area (Å²) in [6.07, 6.45) is 1.28. The first-order valence-corrected chi connectivity index (χ1v) is 6.61. The van der Waals surface area contributed by atoms with Crippen LogP contribution in [-0.4, -0.2) is 36.6 Å². The van der Waals surface area contributed by atoms with E-state index in [1.807, 2.05) is 0 Å². The topological polar surface area (TPSA) is 55.3 Å². The molecule has 7 heteroatoms. The Bertz CT molecular complexity index is 705. The van der Waals surface area contributed by atoms with E-state index in [2.05, 4.69) is 9.97 Å². The Kier molecular flexibility index (Phi) is 4.65. The minimum Gasteiger partial charge on any atom is -0.462 e. The first-order chi connectivity index (χ1) is 10.4. The zero-order valence-corrected chi connectivity index (χ0v) is 12.4. The maximum Gasteiger partial charge on any atom is 0.343 e. The number of carbonyl (C=O) groups is 1. The van der Waals surface area contributed by atoms with Crippen molar-refractivity contribution < 1.29 is 18.3 Å². The Morgan fingerprint density at radius 3 is 2.64 bits per heavy atom. The van der Waals surface area contributed by atoms with Gasteiger partial charge in [-0.05, 0) is 19.1 Å². The fourth-order valence-electron chi connectivity index (χ4n) is 1.87. The van der Waals surface area contributed by atoms with Crippen molar-refractivity contribution in [3.05, 3.63) is 41.6 Å². The Morgan fingerprint density at radius 2 is 2.05 bits per heavy atom. The summed E-state index contributed by atoms with van der Waals surface area (Å²) < 4.78 is 31.7. The van der Waals surface area contributed by atoms with Crippen LogP contribution in [0.1, 0.15) is 17.3 Å². The second kappa shape index (κ2) is 6.46. The van der Waals surface area contributed by atoms with Gasteiger partial charge in [0.1, 0.15) is 23.0 Å². The fourth-order valence-corrected chi connectivity index (χ4v) is 1.87. The van der Waals surface area contributed by atoms with Crippen LogP contribution in [0.5, 0.6) is 0 Å².